The normalized spacial score (nSPS) is 11.3. The van der Waals surface area contributed by atoms with E-state index in [2.05, 4.69) is 10.1 Å². The molecule has 1 aromatic heterocycles. The summed E-state index contributed by atoms with van der Waals surface area (Å²) < 4.78 is 15.0. The van der Waals surface area contributed by atoms with Crippen molar-refractivity contribution in [3.63, 3.8) is 0 Å². The van der Waals surface area contributed by atoms with Gasteiger partial charge in [-0.15, -0.1) is 0 Å². The number of rotatable bonds is 3. The Kier molecular flexibility index (Phi) is 4.34. The average Bonchev–Trinajstić information content (AvgIpc) is 2.67. The number of nitrogens with zero attached hydrogens (tertiary/aromatic N) is 3. The van der Waals surface area contributed by atoms with E-state index in [9.17, 15) is 9.18 Å². The number of aromatic nitrogens is 2. The molecule has 4 rings (SSSR count). The average molecular weight is 357 g/mol. The summed E-state index contributed by atoms with van der Waals surface area (Å²) in [6.07, 6.45) is 1.60. The third-order valence-electron chi connectivity index (χ3n) is 4.20. The van der Waals surface area contributed by atoms with Gasteiger partial charge >= 0.3 is 0 Å². The molecule has 0 N–H and O–H groups in total. The Morgan fingerprint density at radius 3 is 2.63 bits per heavy atom. The summed E-state index contributed by atoms with van der Waals surface area (Å²) in [6, 6.07) is 20.8. The fourth-order valence-electron chi connectivity index (χ4n) is 2.92. The molecule has 4 aromatic rings. The van der Waals surface area contributed by atoms with Crippen LogP contribution < -0.4 is 5.56 Å². The van der Waals surface area contributed by atoms with Crippen molar-refractivity contribution in [2.75, 3.05) is 0 Å². The molecule has 0 fully saturated rings. The molecular weight excluding hydrogens is 341 g/mol. The second-order valence-electron chi connectivity index (χ2n) is 6.24. The highest BCUT2D eigenvalue weighted by molar-refractivity contribution is 5.82. The van der Waals surface area contributed by atoms with E-state index in [0.29, 0.717) is 22.3 Å². The number of para-hydroxylation sites is 1. The summed E-state index contributed by atoms with van der Waals surface area (Å²) in [5, 5.41) is 4.82. The molecule has 0 atom stereocenters. The number of fused-ring (bicyclic) bond motifs is 1. The van der Waals surface area contributed by atoms with E-state index < -0.39 is 5.82 Å². The van der Waals surface area contributed by atoms with Gasteiger partial charge in [0.25, 0.3) is 5.56 Å². The van der Waals surface area contributed by atoms with Crippen molar-refractivity contribution in [1.82, 2.24) is 9.66 Å². The molecule has 0 radical (unpaired) electrons. The Hall–Kier alpha value is -3.60. The summed E-state index contributed by atoms with van der Waals surface area (Å²) in [5.41, 5.74) is 2.68. The lowest BCUT2D eigenvalue weighted by molar-refractivity contribution is 0.628. The maximum Gasteiger partial charge on any atom is 0.282 e. The van der Waals surface area contributed by atoms with E-state index in [0.717, 1.165) is 11.1 Å². The first-order chi connectivity index (χ1) is 13.1. The minimum atomic E-state index is -0.399. The summed E-state index contributed by atoms with van der Waals surface area (Å²) in [4.78, 5) is 17.6. The van der Waals surface area contributed by atoms with Crippen molar-refractivity contribution in [3.05, 3.63) is 100 Å². The van der Waals surface area contributed by atoms with E-state index in [1.165, 1.54) is 16.8 Å². The fraction of sp³-hybridized carbons (Fsp3) is 0.0455. The van der Waals surface area contributed by atoms with Gasteiger partial charge in [0.15, 0.2) is 5.82 Å². The molecule has 0 aliphatic heterocycles. The molecule has 27 heavy (non-hydrogen) atoms. The van der Waals surface area contributed by atoms with Crippen molar-refractivity contribution in [2.24, 2.45) is 5.10 Å². The molecule has 0 aliphatic rings. The number of hydrogen-bond acceptors (Lipinski definition) is 3. The first-order valence-corrected chi connectivity index (χ1v) is 8.50. The van der Waals surface area contributed by atoms with E-state index in [-0.39, 0.29) is 5.56 Å². The van der Waals surface area contributed by atoms with Gasteiger partial charge in [-0.05, 0) is 36.8 Å². The lowest BCUT2D eigenvalue weighted by atomic mass is 10.1. The van der Waals surface area contributed by atoms with Crippen molar-refractivity contribution >= 4 is 17.1 Å². The van der Waals surface area contributed by atoms with Gasteiger partial charge in [-0.2, -0.15) is 9.78 Å². The Bertz CT molecular complexity index is 1230. The molecule has 5 heteroatoms. The van der Waals surface area contributed by atoms with E-state index in [1.54, 1.807) is 36.5 Å². The molecule has 4 nitrogen and oxygen atoms in total. The van der Waals surface area contributed by atoms with Gasteiger partial charge in [0, 0.05) is 5.56 Å². The SMILES string of the molecule is Cc1cccc(C=Nn2c(-c3cccc(F)c3)nc3ccccc3c2=O)c1. The zero-order chi connectivity index (χ0) is 18.8. The highest BCUT2D eigenvalue weighted by Crippen LogP contribution is 2.19. The predicted molar refractivity (Wildman–Crippen MR) is 106 cm³/mol. The third kappa shape index (κ3) is 3.40. The standard InChI is InChI=1S/C22H16FN3O/c1-15-6-4-7-16(12-15)14-24-26-21(17-8-5-9-18(23)13-17)25-20-11-3-2-10-19(20)22(26)27/h2-14H,1H3. The molecule has 0 bridgehead atoms. The van der Waals surface area contributed by atoms with Crippen LogP contribution in [-0.2, 0) is 0 Å². The molecule has 0 saturated heterocycles. The van der Waals surface area contributed by atoms with Gasteiger partial charge in [0.2, 0.25) is 0 Å². The topological polar surface area (TPSA) is 47.2 Å². The lowest BCUT2D eigenvalue weighted by Crippen LogP contribution is -2.20. The predicted octanol–water partition coefficient (Wildman–Crippen LogP) is 4.39. The smallest absolute Gasteiger partial charge is 0.267 e. The summed E-state index contributed by atoms with van der Waals surface area (Å²) in [7, 11) is 0. The molecule has 0 saturated carbocycles. The van der Waals surface area contributed by atoms with Crippen LogP contribution in [0.3, 0.4) is 0 Å². The highest BCUT2D eigenvalue weighted by atomic mass is 19.1. The zero-order valence-corrected chi connectivity index (χ0v) is 14.6. The van der Waals surface area contributed by atoms with Crippen LogP contribution in [0.2, 0.25) is 0 Å². The first-order valence-electron chi connectivity index (χ1n) is 8.50. The zero-order valence-electron chi connectivity index (χ0n) is 14.6. The van der Waals surface area contributed by atoms with Crippen LogP contribution in [0, 0.1) is 12.7 Å². The molecule has 0 amide bonds. The van der Waals surface area contributed by atoms with Crippen molar-refractivity contribution in [3.8, 4) is 11.4 Å². The van der Waals surface area contributed by atoms with E-state index in [4.69, 9.17) is 0 Å². The molecule has 0 unspecified atom stereocenters. The van der Waals surface area contributed by atoms with Crippen LogP contribution in [0.5, 0.6) is 0 Å². The van der Waals surface area contributed by atoms with Crippen molar-refractivity contribution < 1.29 is 4.39 Å². The largest absolute Gasteiger partial charge is 0.282 e. The number of hydrogen-bond donors (Lipinski definition) is 0. The Balaban J connectivity index is 1.95. The lowest BCUT2D eigenvalue weighted by Gasteiger charge is -2.09. The minimum Gasteiger partial charge on any atom is -0.267 e. The first kappa shape index (κ1) is 16.8. The van der Waals surface area contributed by atoms with Crippen LogP contribution in [0.1, 0.15) is 11.1 Å². The maximum atomic E-state index is 13.7. The molecule has 132 valence electrons. The molecule has 3 aromatic carbocycles. The van der Waals surface area contributed by atoms with Crippen LogP contribution >= 0.6 is 0 Å². The van der Waals surface area contributed by atoms with Crippen molar-refractivity contribution in [2.45, 2.75) is 6.92 Å². The number of aryl methyl sites for hydroxylation is 1. The van der Waals surface area contributed by atoms with Crippen LogP contribution in [-0.4, -0.2) is 15.9 Å². The van der Waals surface area contributed by atoms with Gasteiger partial charge in [0.1, 0.15) is 5.82 Å². The monoisotopic (exact) mass is 357 g/mol. The Labute approximate surface area is 155 Å². The Morgan fingerprint density at radius 2 is 1.81 bits per heavy atom. The fourth-order valence-corrected chi connectivity index (χ4v) is 2.92. The van der Waals surface area contributed by atoms with Gasteiger partial charge < -0.3 is 0 Å². The van der Waals surface area contributed by atoms with Crippen molar-refractivity contribution in [1.29, 1.82) is 0 Å². The maximum absolute atomic E-state index is 13.7. The van der Waals surface area contributed by atoms with Gasteiger partial charge in [-0.1, -0.05) is 54.1 Å². The quantitative estimate of drug-likeness (QED) is 0.511. The third-order valence-corrected chi connectivity index (χ3v) is 4.20. The summed E-state index contributed by atoms with van der Waals surface area (Å²) in [6.45, 7) is 1.99. The molecule has 0 spiro atoms. The number of benzene rings is 3. The van der Waals surface area contributed by atoms with E-state index >= 15 is 0 Å². The summed E-state index contributed by atoms with van der Waals surface area (Å²) in [5.74, 6) is -0.105. The van der Waals surface area contributed by atoms with E-state index in [1.807, 2.05) is 37.3 Å². The minimum absolute atomic E-state index is 0.294. The molecule has 1 heterocycles. The highest BCUT2D eigenvalue weighted by Gasteiger charge is 2.12. The molecular formula is C22H16FN3O. The van der Waals surface area contributed by atoms with Gasteiger partial charge in [-0.3, -0.25) is 4.79 Å². The van der Waals surface area contributed by atoms with Crippen LogP contribution in [0.25, 0.3) is 22.3 Å². The second kappa shape index (κ2) is 6.96. The van der Waals surface area contributed by atoms with Gasteiger partial charge in [-0.25, -0.2) is 9.37 Å². The number of halogens is 1. The van der Waals surface area contributed by atoms with Crippen LogP contribution in [0.4, 0.5) is 4.39 Å². The van der Waals surface area contributed by atoms with Gasteiger partial charge in [0.05, 0.1) is 17.1 Å². The molecule has 0 aliphatic carbocycles. The summed E-state index contributed by atoms with van der Waals surface area (Å²) >= 11 is 0. The Morgan fingerprint density at radius 1 is 1.00 bits per heavy atom. The van der Waals surface area contributed by atoms with Crippen LogP contribution in [0.15, 0.2) is 82.7 Å². The second-order valence-corrected chi connectivity index (χ2v) is 6.24.